The van der Waals surface area contributed by atoms with Crippen molar-refractivity contribution in [1.29, 1.82) is 0 Å². The Labute approximate surface area is 143 Å². The van der Waals surface area contributed by atoms with Crippen molar-refractivity contribution in [1.82, 2.24) is 14.8 Å². The molecule has 2 N–H and O–H groups in total. The average molecular weight is 342 g/mol. The van der Waals surface area contributed by atoms with Crippen LogP contribution >= 0.6 is 11.3 Å². The van der Waals surface area contributed by atoms with Crippen LogP contribution in [0.15, 0.2) is 23.7 Å². The maximum atomic E-state index is 11.4. The van der Waals surface area contributed by atoms with Gasteiger partial charge in [0.1, 0.15) is 5.52 Å². The van der Waals surface area contributed by atoms with E-state index in [1.54, 1.807) is 19.4 Å². The van der Waals surface area contributed by atoms with Crippen LogP contribution in [0, 0.1) is 0 Å². The van der Waals surface area contributed by atoms with E-state index in [4.69, 9.17) is 15.6 Å². The highest BCUT2D eigenvalue weighted by Gasteiger charge is 2.26. The molecule has 0 radical (unpaired) electrons. The predicted molar refractivity (Wildman–Crippen MR) is 93.0 cm³/mol. The lowest BCUT2D eigenvalue weighted by atomic mass is 10.0. The lowest BCUT2D eigenvalue weighted by Gasteiger charge is -2.05. The maximum absolute atomic E-state index is 11.4. The first kappa shape index (κ1) is 15.1. The second kappa shape index (κ2) is 5.90. The van der Waals surface area contributed by atoms with Crippen LogP contribution in [-0.2, 0) is 0 Å². The van der Waals surface area contributed by atoms with E-state index in [0.29, 0.717) is 16.7 Å². The van der Waals surface area contributed by atoms with Gasteiger partial charge in [-0.25, -0.2) is 9.67 Å². The van der Waals surface area contributed by atoms with Gasteiger partial charge in [-0.1, -0.05) is 12.8 Å². The van der Waals surface area contributed by atoms with Crippen molar-refractivity contribution in [3.63, 3.8) is 0 Å². The number of methoxy groups -OCH3 is 1. The third-order valence-corrected chi connectivity index (χ3v) is 5.53. The minimum atomic E-state index is -0.427. The van der Waals surface area contributed by atoms with Gasteiger partial charge in [-0.3, -0.25) is 4.79 Å². The van der Waals surface area contributed by atoms with Crippen molar-refractivity contribution in [2.24, 2.45) is 5.73 Å². The predicted octanol–water partition coefficient (Wildman–Crippen LogP) is 3.25. The first-order chi connectivity index (χ1) is 11.7. The highest BCUT2D eigenvalue weighted by Crippen LogP contribution is 2.39. The minimum absolute atomic E-state index is 0.427. The summed E-state index contributed by atoms with van der Waals surface area (Å²) in [5.74, 6) is 0.579. The Morgan fingerprint density at radius 2 is 2.21 bits per heavy atom. The van der Waals surface area contributed by atoms with Crippen LogP contribution in [0.5, 0.6) is 5.88 Å². The number of thiophene rings is 1. The van der Waals surface area contributed by atoms with Crippen molar-refractivity contribution >= 4 is 28.1 Å². The minimum Gasteiger partial charge on any atom is -0.479 e. The van der Waals surface area contributed by atoms with E-state index in [9.17, 15) is 4.79 Å². The zero-order valence-electron chi connectivity index (χ0n) is 13.4. The molecule has 1 aliphatic carbocycles. The third kappa shape index (κ3) is 2.36. The zero-order chi connectivity index (χ0) is 16.7. The molecule has 124 valence electrons. The maximum Gasteiger partial charge on any atom is 0.258 e. The van der Waals surface area contributed by atoms with Gasteiger partial charge in [0, 0.05) is 22.9 Å². The van der Waals surface area contributed by atoms with Crippen LogP contribution in [0.4, 0.5) is 0 Å². The molecule has 0 saturated heterocycles. The largest absolute Gasteiger partial charge is 0.479 e. The molecule has 1 saturated carbocycles. The first-order valence-electron chi connectivity index (χ1n) is 7.99. The molecule has 0 atom stereocenters. The summed E-state index contributed by atoms with van der Waals surface area (Å²) in [6.45, 7) is 0. The molecule has 4 rings (SSSR count). The lowest BCUT2D eigenvalue weighted by molar-refractivity contribution is 0.100. The number of hydrogen-bond donors (Lipinski definition) is 1. The van der Waals surface area contributed by atoms with Crippen molar-refractivity contribution in [3.8, 4) is 11.6 Å². The third-order valence-electron chi connectivity index (χ3n) is 4.59. The molecule has 6 nitrogen and oxygen atoms in total. The van der Waals surface area contributed by atoms with Gasteiger partial charge in [-0.2, -0.15) is 5.10 Å². The molecule has 1 aliphatic rings. The van der Waals surface area contributed by atoms with Gasteiger partial charge in [0.15, 0.2) is 0 Å². The number of ether oxygens (including phenoxy) is 1. The summed E-state index contributed by atoms with van der Waals surface area (Å²) in [4.78, 5) is 16.2. The number of nitrogens with two attached hydrogens (primary N) is 1. The average Bonchev–Trinajstić information content (AvgIpc) is 3.31. The van der Waals surface area contributed by atoms with Crippen molar-refractivity contribution < 1.29 is 9.53 Å². The van der Waals surface area contributed by atoms with Crippen molar-refractivity contribution in [3.05, 3.63) is 34.3 Å². The molecule has 24 heavy (non-hydrogen) atoms. The Morgan fingerprint density at radius 3 is 2.88 bits per heavy atom. The summed E-state index contributed by atoms with van der Waals surface area (Å²) < 4.78 is 7.29. The van der Waals surface area contributed by atoms with Crippen LogP contribution in [0.2, 0.25) is 0 Å². The zero-order valence-corrected chi connectivity index (χ0v) is 14.2. The number of aromatic nitrogens is 3. The molecule has 3 heterocycles. The lowest BCUT2D eigenvalue weighted by Crippen LogP contribution is -2.08. The molecule has 0 bridgehead atoms. The Morgan fingerprint density at radius 1 is 1.42 bits per heavy atom. The Kier molecular flexibility index (Phi) is 3.72. The van der Waals surface area contributed by atoms with E-state index in [1.165, 1.54) is 24.2 Å². The molecule has 0 aromatic carbocycles. The number of carbonyl (C=O) groups excluding carboxylic acids is 1. The molecule has 3 aromatic rings. The molecule has 3 aromatic heterocycles. The van der Waals surface area contributed by atoms with Gasteiger partial charge in [-0.15, -0.1) is 11.3 Å². The fraction of sp³-hybridized carbons (Fsp3) is 0.353. The van der Waals surface area contributed by atoms with Gasteiger partial charge in [0.05, 0.1) is 23.4 Å². The topological polar surface area (TPSA) is 83.0 Å². The summed E-state index contributed by atoms with van der Waals surface area (Å²) in [7, 11) is 1.61. The van der Waals surface area contributed by atoms with E-state index < -0.39 is 5.91 Å². The number of carbonyl (C=O) groups is 1. The van der Waals surface area contributed by atoms with Gasteiger partial charge in [-0.05, 0) is 25.0 Å². The smallest absolute Gasteiger partial charge is 0.258 e. The molecule has 0 unspecified atom stereocenters. The van der Waals surface area contributed by atoms with E-state index in [-0.39, 0.29) is 0 Å². The van der Waals surface area contributed by atoms with E-state index in [0.717, 1.165) is 35.1 Å². The number of amides is 1. The Balaban J connectivity index is 1.94. The highest BCUT2D eigenvalue weighted by molar-refractivity contribution is 7.12. The fourth-order valence-corrected chi connectivity index (χ4v) is 4.18. The van der Waals surface area contributed by atoms with Crippen LogP contribution in [-0.4, -0.2) is 27.8 Å². The summed E-state index contributed by atoms with van der Waals surface area (Å²) >= 11 is 1.32. The van der Waals surface area contributed by atoms with E-state index >= 15 is 0 Å². The Bertz CT molecular complexity index is 909. The number of fused-ring (bicyclic) bond motifs is 1. The van der Waals surface area contributed by atoms with Crippen LogP contribution in [0.3, 0.4) is 0 Å². The quantitative estimate of drug-likeness (QED) is 0.789. The second-order valence-electron chi connectivity index (χ2n) is 6.03. The normalized spacial score (nSPS) is 15.2. The molecule has 7 heteroatoms. The van der Waals surface area contributed by atoms with E-state index in [1.807, 2.05) is 16.1 Å². The molecule has 0 spiro atoms. The number of hydrogen-bond acceptors (Lipinski definition) is 5. The van der Waals surface area contributed by atoms with Crippen molar-refractivity contribution in [2.75, 3.05) is 7.11 Å². The summed E-state index contributed by atoms with van der Waals surface area (Å²) in [6.07, 6.45) is 6.56. The van der Waals surface area contributed by atoms with Crippen molar-refractivity contribution in [2.45, 2.75) is 31.6 Å². The Hall–Kier alpha value is -2.41. The number of primary amides is 1. The standard InChI is InChI=1S/C17H18N4O2S/c1-23-17-15-12(6-7-19-17)14(10-4-2-3-5-10)20-21(15)11-8-13(16(18)22)24-9-11/h6-10H,2-5H2,1H3,(H2,18,22). The number of pyridine rings is 1. The number of nitrogens with zero attached hydrogens (tertiary/aromatic N) is 3. The SMILES string of the molecule is COc1nccc2c(C3CCCC3)nn(-c3csc(C(N)=O)c3)c12. The van der Waals surface area contributed by atoms with Crippen LogP contribution in [0.25, 0.3) is 16.6 Å². The number of rotatable bonds is 4. The second-order valence-corrected chi connectivity index (χ2v) is 6.94. The van der Waals surface area contributed by atoms with Gasteiger partial charge >= 0.3 is 0 Å². The van der Waals surface area contributed by atoms with E-state index in [2.05, 4.69) is 4.98 Å². The summed E-state index contributed by atoms with van der Waals surface area (Å²) in [5.41, 5.74) is 8.13. The van der Waals surface area contributed by atoms with Gasteiger partial charge in [0.2, 0.25) is 5.88 Å². The molecular weight excluding hydrogens is 324 g/mol. The molecule has 1 fully saturated rings. The first-order valence-corrected chi connectivity index (χ1v) is 8.87. The van der Waals surface area contributed by atoms with Crippen LogP contribution < -0.4 is 10.5 Å². The van der Waals surface area contributed by atoms with Gasteiger partial charge < -0.3 is 10.5 Å². The highest BCUT2D eigenvalue weighted by atomic mass is 32.1. The fourth-order valence-electron chi connectivity index (χ4n) is 3.46. The molecular formula is C17H18N4O2S. The molecule has 0 aliphatic heterocycles. The summed E-state index contributed by atoms with van der Waals surface area (Å²) in [6, 6.07) is 3.76. The van der Waals surface area contributed by atoms with Crippen LogP contribution in [0.1, 0.15) is 47.0 Å². The summed E-state index contributed by atoms with van der Waals surface area (Å²) in [5, 5.41) is 7.83. The monoisotopic (exact) mass is 342 g/mol. The molecule has 1 amide bonds. The van der Waals surface area contributed by atoms with Gasteiger partial charge in [0.25, 0.3) is 5.91 Å².